The van der Waals surface area contributed by atoms with Gasteiger partial charge >= 0.3 is 0 Å². The van der Waals surface area contributed by atoms with Gasteiger partial charge in [0, 0.05) is 26.1 Å². The third-order valence-corrected chi connectivity index (χ3v) is 4.80. The summed E-state index contributed by atoms with van der Waals surface area (Å²) in [7, 11) is 0. The van der Waals surface area contributed by atoms with Gasteiger partial charge in [0.25, 0.3) is 0 Å². The predicted molar refractivity (Wildman–Crippen MR) is 111 cm³/mol. The highest BCUT2D eigenvalue weighted by Crippen LogP contribution is 2.22. The van der Waals surface area contributed by atoms with Crippen LogP contribution in [0.4, 0.5) is 8.78 Å². The minimum Gasteiger partial charge on any atom is -0.490 e. The number of halogens is 3. The normalized spacial score (nSPS) is 15.3. The predicted octanol–water partition coefficient (Wildman–Crippen LogP) is 3.27. The van der Waals surface area contributed by atoms with Crippen LogP contribution >= 0.6 is 12.4 Å². The van der Waals surface area contributed by atoms with Gasteiger partial charge in [0.1, 0.15) is 30.1 Å². The maximum absolute atomic E-state index is 13.7. The van der Waals surface area contributed by atoms with Crippen LogP contribution in [0.1, 0.15) is 22.3 Å². The van der Waals surface area contributed by atoms with E-state index in [1.54, 1.807) is 12.1 Å². The Morgan fingerprint density at radius 2 is 1.77 bits per heavy atom. The Balaban J connectivity index is 0.00000320. The van der Waals surface area contributed by atoms with Gasteiger partial charge in [-0.15, -0.1) is 12.4 Å². The number of Topliss-reactive ketones (excluding diaryl/α,β-unsaturated/α-hetero) is 1. The molecule has 1 unspecified atom stereocenters. The van der Waals surface area contributed by atoms with Crippen LogP contribution in [-0.2, 0) is 11.2 Å². The van der Waals surface area contributed by atoms with Crippen molar-refractivity contribution in [1.82, 2.24) is 4.90 Å². The van der Waals surface area contributed by atoms with E-state index in [1.165, 1.54) is 24.3 Å². The zero-order valence-electron chi connectivity index (χ0n) is 16.6. The number of morpholine rings is 1. The molecule has 5 nitrogen and oxygen atoms in total. The number of rotatable bonds is 9. The van der Waals surface area contributed by atoms with Crippen molar-refractivity contribution in [1.29, 1.82) is 0 Å². The molecule has 1 aliphatic rings. The van der Waals surface area contributed by atoms with Gasteiger partial charge in [0.05, 0.1) is 18.8 Å². The Morgan fingerprint density at radius 1 is 1.10 bits per heavy atom. The second-order valence-electron chi connectivity index (χ2n) is 7.07. The molecule has 1 fully saturated rings. The first kappa shape index (κ1) is 24.2. The Labute approximate surface area is 181 Å². The molecular weight excluding hydrogens is 416 g/mol. The molecule has 1 aliphatic heterocycles. The van der Waals surface area contributed by atoms with Crippen molar-refractivity contribution in [2.24, 2.45) is 0 Å². The lowest BCUT2D eigenvalue weighted by molar-refractivity contribution is 0.00456. The third-order valence-electron chi connectivity index (χ3n) is 4.80. The number of benzene rings is 2. The molecule has 2 aromatic carbocycles. The molecule has 0 radical (unpaired) electrons. The maximum atomic E-state index is 13.7. The molecular formula is C22H26ClF2NO4. The Hall–Kier alpha value is -2.06. The summed E-state index contributed by atoms with van der Waals surface area (Å²) in [5.41, 5.74) is 0.963. The van der Waals surface area contributed by atoms with Crippen molar-refractivity contribution < 1.29 is 28.2 Å². The number of aryl methyl sites for hydroxylation is 1. The molecule has 1 saturated heterocycles. The number of ketones is 1. The molecule has 1 atom stereocenters. The van der Waals surface area contributed by atoms with E-state index in [0.717, 1.165) is 24.7 Å². The van der Waals surface area contributed by atoms with Crippen LogP contribution in [0.3, 0.4) is 0 Å². The number of nitrogens with zero attached hydrogens (tertiary/aromatic N) is 1. The fourth-order valence-electron chi connectivity index (χ4n) is 3.21. The highest BCUT2D eigenvalue weighted by Gasteiger charge is 2.18. The van der Waals surface area contributed by atoms with E-state index in [9.17, 15) is 18.7 Å². The summed E-state index contributed by atoms with van der Waals surface area (Å²) < 4.78 is 37.6. The number of ether oxygens (including phenoxy) is 2. The number of aliphatic hydroxyl groups is 1. The molecule has 0 aliphatic carbocycles. The van der Waals surface area contributed by atoms with Gasteiger partial charge in [0.15, 0.2) is 5.78 Å². The van der Waals surface area contributed by atoms with Crippen molar-refractivity contribution in [3.05, 3.63) is 65.2 Å². The van der Waals surface area contributed by atoms with Crippen molar-refractivity contribution in [3.63, 3.8) is 0 Å². The number of aliphatic hydroxyl groups excluding tert-OH is 1. The smallest absolute Gasteiger partial charge is 0.167 e. The van der Waals surface area contributed by atoms with Crippen molar-refractivity contribution in [2.45, 2.75) is 18.9 Å². The van der Waals surface area contributed by atoms with E-state index in [4.69, 9.17) is 9.47 Å². The second kappa shape index (κ2) is 12.0. The van der Waals surface area contributed by atoms with E-state index in [2.05, 4.69) is 4.90 Å². The average molecular weight is 442 g/mol. The summed E-state index contributed by atoms with van der Waals surface area (Å²) in [6.45, 7) is 3.22. The van der Waals surface area contributed by atoms with E-state index < -0.39 is 11.9 Å². The summed E-state index contributed by atoms with van der Waals surface area (Å²) in [4.78, 5) is 14.7. The lowest BCUT2D eigenvalue weighted by Gasteiger charge is -2.28. The number of hydrogen-bond acceptors (Lipinski definition) is 5. The van der Waals surface area contributed by atoms with Crippen molar-refractivity contribution in [2.75, 3.05) is 39.5 Å². The van der Waals surface area contributed by atoms with Gasteiger partial charge < -0.3 is 14.6 Å². The van der Waals surface area contributed by atoms with Crippen LogP contribution in [0.5, 0.6) is 5.75 Å². The zero-order chi connectivity index (χ0) is 20.6. The SMILES string of the molecule is Cl.O=C(CCc1ccc(F)cc1)c1cc(F)ccc1OCC(O)CN1CCOCC1. The minimum absolute atomic E-state index is 0. The van der Waals surface area contributed by atoms with Crippen LogP contribution < -0.4 is 4.74 Å². The van der Waals surface area contributed by atoms with Gasteiger partial charge in [-0.2, -0.15) is 0 Å². The third kappa shape index (κ3) is 7.32. The molecule has 0 saturated carbocycles. The molecule has 30 heavy (non-hydrogen) atoms. The van der Waals surface area contributed by atoms with Gasteiger partial charge in [-0.05, 0) is 42.3 Å². The van der Waals surface area contributed by atoms with Crippen LogP contribution in [0, 0.1) is 11.6 Å². The molecule has 8 heteroatoms. The summed E-state index contributed by atoms with van der Waals surface area (Å²) in [5.74, 6) is -0.893. The molecule has 3 rings (SSSR count). The van der Waals surface area contributed by atoms with E-state index in [-0.39, 0.29) is 48.3 Å². The summed E-state index contributed by atoms with van der Waals surface area (Å²) in [6.07, 6.45) is -0.184. The van der Waals surface area contributed by atoms with Crippen LogP contribution in [0.2, 0.25) is 0 Å². The lowest BCUT2D eigenvalue weighted by atomic mass is 10.0. The quantitative estimate of drug-likeness (QED) is 0.605. The lowest BCUT2D eigenvalue weighted by Crippen LogP contribution is -2.42. The summed E-state index contributed by atoms with van der Waals surface area (Å²) in [6, 6.07) is 9.69. The fraction of sp³-hybridized carbons (Fsp3) is 0.409. The first-order chi connectivity index (χ1) is 14.0. The molecule has 164 valence electrons. The largest absolute Gasteiger partial charge is 0.490 e. The van der Waals surface area contributed by atoms with Crippen molar-refractivity contribution >= 4 is 18.2 Å². The number of hydrogen-bond donors (Lipinski definition) is 1. The molecule has 2 aromatic rings. The first-order valence-corrected chi connectivity index (χ1v) is 9.69. The van der Waals surface area contributed by atoms with E-state index >= 15 is 0 Å². The van der Waals surface area contributed by atoms with Gasteiger partial charge in [-0.3, -0.25) is 9.69 Å². The Bertz CT molecular complexity index is 813. The number of carbonyl (C=O) groups excluding carboxylic acids is 1. The first-order valence-electron chi connectivity index (χ1n) is 9.69. The summed E-state index contributed by atoms with van der Waals surface area (Å²) >= 11 is 0. The topological polar surface area (TPSA) is 59.0 Å². The van der Waals surface area contributed by atoms with E-state index in [1.807, 2.05) is 0 Å². The van der Waals surface area contributed by atoms with E-state index in [0.29, 0.717) is 26.2 Å². The van der Waals surface area contributed by atoms with Crippen LogP contribution in [0.15, 0.2) is 42.5 Å². The second-order valence-corrected chi connectivity index (χ2v) is 7.07. The summed E-state index contributed by atoms with van der Waals surface area (Å²) in [5, 5.41) is 10.2. The molecule has 0 spiro atoms. The number of carbonyl (C=O) groups is 1. The van der Waals surface area contributed by atoms with Crippen LogP contribution in [0.25, 0.3) is 0 Å². The monoisotopic (exact) mass is 441 g/mol. The highest BCUT2D eigenvalue weighted by molar-refractivity contribution is 5.98. The molecule has 1 heterocycles. The molecule has 0 amide bonds. The molecule has 0 aromatic heterocycles. The van der Waals surface area contributed by atoms with Gasteiger partial charge in [0.2, 0.25) is 0 Å². The average Bonchev–Trinajstić information content (AvgIpc) is 2.73. The Kier molecular flexibility index (Phi) is 9.65. The maximum Gasteiger partial charge on any atom is 0.167 e. The van der Waals surface area contributed by atoms with Gasteiger partial charge in [-0.25, -0.2) is 8.78 Å². The molecule has 0 bridgehead atoms. The fourth-order valence-corrected chi connectivity index (χ4v) is 3.21. The molecule has 1 N–H and O–H groups in total. The zero-order valence-corrected chi connectivity index (χ0v) is 17.4. The number of β-amino-alcohol motifs (C(OH)–C–C–N with tert-alkyl or cyclic N) is 1. The Morgan fingerprint density at radius 3 is 2.47 bits per heavy atom. The van der Waals surface area contributed by atoms with Gasteiger partial charge in [-0.1, -0.05) is 12.1 Å². The minimum atomic E-state index is -0.736. The van der Waals surface area contributed by atoms with Crippen molar-refractivity contribution in [3.8, 4) is 5.75 Å². The highest BCUT2D eigenvalue weighted by atomic mass is 35.5. The van der Waals surface area contributed by atoms with Crippen LogP contribution in [-0.4, -0.2) is 61.3 Å². The standard InChI is InChI=1S/C22H25F2NO4.ClH/c23-17-4-1-16(2-5-17)3-7-21(27)20-13-18(24)6-8-22(20)29-15-19(26)14-25-9-11-28-12-10-25;/h1-2,4-6,8,13,19,26H,3,7,9-12,14-15H2;1H.